The van der Waals surface area contributed by atoms with Gasteiger partial charge in [0.15, 0.2) is 0 Å². The Morgan fingerprint density at radius 2 is 2.15 bits per heavy atom. The van der Waals surface area contributed by atoms with Crippen molar-refractivity contribution < 1.29 is 14.3 Å². The van der Waals surface area contributed by atoms with E-state index < -0.39 is 0 Å². The number of hydrogen-bond donors (Lipinski definition) is 0. The number of carbonyl (C=O) groups is 1. The summed E-state index contributed by atoms with van der Waals surface area (Å²) in [6.07, 6.45) is 4.84. The van der Waals surface area contributed by atoms with Gasteiger partial charge in [0.25, 0.3) is 0 Å². The maximum Gasteiger partial charge on any atom is 0.338 e. The molecule has 0 aliphatic carbocycles. The molecule has 5 nitrogen and oxygen atoms in total. The molecule has 0 bridgehead atoms. The number of nitrogens with zero attached hydrogens (tertiary/aromatic N) is 2. The SMILES string of the molecule is COCC(Cn1ccnc1)OC(=O)c1ccc(I)cc1. The summed E-state index contributed by atoms with van der Waals surface area (Å²) in [6.45, 7) is 0.859. The Kier molecular flexibility index (Phi) is 5.54. The average Bonchev–Trinajstić information content (AvgIpc) is 2.92. The molecule has 0 saturated heterocycles. The molecular weight excluding hydrogens is 371 g/mol. The van der Waals surface area contributed by atoms with Crippen LogP contribution in [-0.4, -0.2) is 35.3 Å². The Balaban J connectivity index is 2.00. The summed E-state index contributed by atoms with van der Waals surface area (Å²) in [7, 11) is 1.58. The topological polar surface area (TPSA) is 53.4 Å². The fourth-order valence-corrected chi connectivity index (χ4v) is 2.10. The van der Waals surface area contributed by atoms with Crippen LogP contribution in [0.5, 0.6) is 0 Å². The van der Waals surface area contributed by atoms with Gasteiger partial charge in [-0.15, -0.1) is 0 Å². The van der Waals surface area contributed by atoms with Gasteiger partial charge in [0.2, 0.25) is 0 Å². The molecule has 20 heavy (non-hydrogen) atoms. The highest BCUT2D eigenvalue weighted by atomic mass is 127. The van der Waals surface area contributed by atoms with Gasteiger partial charge in [0, 0.05) is 23.1 Å². The molecular formula is C14H15IN2O3. The lowest BCUT2D eigenvalue weighted by Gasteiger charge is -2.17. The molecule has 0 radical (unpaired) electrons. The van der Waals surface area contributed by atoms with E-state index in [1.54, 1.807) is 31.8 Å². The monoisotopic (exact) mass is 386 g/mol. The molecule has 2 aromatic rings. The standard InChI is InChI=1S/C14H15IN2O3/c1-19-9-13(8-17-7-6-16-10-17)20-14(18)11-2-4-12(15)5-3-11/h2-7,10,13H,8-9H2,1H3. The Morgan fingerprint density at radius 1 is 1.40 bits per heavy atom. The summed E-state index contributed by atoms with van der Waals surface area (Å²) in [6, 6.07) is 7.26. The van der Waals surface area contributed by atoms with Crippen LogP contribution in [0.15, 0.2) is 43.0 Å². The van der Waals surface area contributed by atoms with Gasteiger partial charge in [0.1, 0.15) is 6.10 Å². The predicted octanol–water partition coefficient (Wildman–Crippen LogP) is 2.36. The molecule has 1 unspecified atom stereocenters. The summed E-state index contributed by atoms with van der Waals surface area (Å²) in [4.78, 5) is 16.0. The van der Waals surface area contributed by atoms with Crippen LogP contribution < -0.4 is 0 Å². The zero-order valence-electron chi connectivity index (χ0n) is 11.0. The van der Waals surface area contributed by atoms with Gasteiger partial charge in [-0.2, -0.15) is 0 Å². The number of benzene rings is 1. The largest absolute Gasteiger partial charge is 0.454 e. The molecule has 1 aromatic heterocycles. The van der Waals surface area contributed by atoms with Crippen molar-refractivity contribution in [3.05, 3.63) is 52.1 Å². The van der Waals surface area contributed by atoms with Crippen molar-refractivity contribution in [3.8, 4) is 0 Å². The Labute approximate surface area is 131 Å². The first-order valence-electron chi connectivity index (χ1n) is 6.10. The first-order valence-corrected chi connectivity index (χ1v) is 7.18. The first kappa shape index (κ1) is 15.0. The minimum atomic E-state index is -0.346. The summed E-state index contributed by atoms with van der Waals surface area (Å²) in [5.74, 6) is -0.344. The van der Waals surface area contributed by atoms with Gasteiger partial charge in [0.05, 0.1) is 25.0 Å². The number of rotatable bonds is 6. The van der Waals surface area contributed by atoms with Gasteiger partial charge in [-0.25, -0.2) is 9.78 Å². The van der Waals surface area contributed by atoms with Crippen LogP contribution in [0.1, 0.15) is 10.4 Å². The zero-order chi connectivity index (χ0) is 14.4. The van der Waals surface area contributed by atoms with E-state index in [9.17, 15) is 4.79 Å². The normalized spacial score (nSPS) is 12.1. The second-order valence-electron chi connectivity index (χ2n) is 4.25. The minimum Gasteiger partial charge on any atom is -0.454 e. The third-order valence-corrected chi connectivity index (χ3v) is 3.40. The van der Waals surface area contributed by atoms with Crippen LogP contribution in [0.25, 0.3) is 0 Å². The van der Waals surface area contributed by atoms with E-state index in [0.29, 0.717) is 18.7 Å². The van der Waals surface area contributed by atoms with Crippen LogP contribution in [-0.2, 0) is 16.0 Å². The number of hydrogen-bond acceptors (Lipinski definition) is 4. The van der Waals surface area contributed by atoms with E-state index in [1.807, 2.05) is 22.9 Å². The van der Waals surface area contributed by atoms with E-state index in [0.717, 1.165) is 3.57 Å². The molecule has 0 aliphatic rings. The van der Waals surface area contributed by atoms with E-state index >= 15 is 0 Å². The van der Waals surface area contributed by atoms with Gasteiger partial charge in [-0.05, 0) is 46.9 Å². The molecule has 1 atom stereocenters. The van der Waals surface area contributed by atoms with Gasteiger partial charge in [-0.3, -0.25) is 0 Å². The van der Waals surface area contributed by atoms with E-state index in [2.05, 4.69) is 27.6 Å². The Morgan fingerprint density at radius 3 is 2.75 bits per heavy atom. The summed E-state index contributed by atoms with van der Waals surface area (Å²) >= 11 is 2.19. The summed E-state index contributed by atoms with van der Waals surface area (Å²) in [5, 5.41) is 0. The quantitative estimate of drug-likeness (QED) is 0.565. The maximum absolute atomic E-state index is 12.1. The highest BCUT2D eigenvalue weighted by Gasteiger charge is 2.16. The number of carbonyl (C=O) groups excluding carboxylic acids is 1. The van der Waals surface area contributed by atoms with Crippen LogP contribution in [0.3, 0.4) is 0 Å². The number of aromatic nitrogens is 2. The second kappa shape index (κ2) is 7.39. The molecule has 0 amide bonds. The van der Waals surface area contributed by atoms with Crippen LogP contribution in [0.2, 0.25) is 0 Å². The number of methoxy groups -OCH3 is 1. The second-order valence-corrected chi connectivity index (χ2v) is 5.49. The lowest BCUT2D eigenvalue weighted by Crippen LogP contribution is -2.27. The molecule has 0 saturated carbocycles. The summed E-state index contributed by atoms with van der Waals surface area (Å²) in [5.41, 5.74) is 0.539. The van der Waals surface area contributed by atoms with Gasteiger partial charge >= 0.3 is 5.97 Å². The van der Waals surface area contributed by atoms with Crippen molar-refractivity contribution in [2.45, 2.75) is 12.6 Å². The molecule has 0 fully saturated rings. The van der Waals surface area contributed by atoms with Crippen molar-refractivity contribution in [2.24, 2.45) is 0 Å². The number of esters is 1. The van der Waals surface area contributed by atoms with Crippen LogP contribution in [0, 0.1) is 3.57 Å². The number of ether oxygens (including phenoxy) is 2. The van der Waals surface area contributed by atoms with Crippen molar-refractivity contribution in [3.63, 3.8) is 0 Å². The van der Waals surface area contributed by atoms with Crippen molar-refractivity contribution in [2.75, 3.05) is 13.7 Å². The minimum absolute atomic E-state index is 0.342. The molecule has 106 valence electrons. The fraction of sp³-hybridized carbons (Fsp3) is 0.286. The Bertz CT molecular complexity index is 540. The lowest BCUT2D eigenvalue weighted by atomic mass is 10.2. The molecule has 1 heterocycles. The third-order valence-electron chi connectivity index (χ3n) is 2.68. The van der Waals surface area contributed by atoms with Crippen molar-refractivity contribution in [1.82, 2.24) is 9.55 Å². The van der Waals surface area contributed by atoms with E-state index in [-0.39, 0.29) is 12.1 Å². The summed E-state index contributed by atoms with van der Waals surface area (Å²) < 4.78 is 13.5. The smallest absolute Gasteiger partial charge is 0.338 e. The molecule has 6 heteroatoms. The van der Waals surface area contributed by atoms with Crippen LogP contribution >= 0.6 is 22.6 Å². The molecule has 0 aliphatic heterocycles. The van der Waals surface area contributed by atoms with E-state index in [1.165, 1.54) is 0 Å². The van der Waals surface area contributed by atoms with Crippen LogP contribution in [0.4, 0.5) is 0 Å². The van der Waals surface area contributed by atoms with Crippen molar-refractivity contribution in [1.29, 1.82) is 0 Å². The molecule has 2 rings (SSSR count). The fourth-order valence-electron chi connectivity index (χ4n) is 1.75. The average molecular weight is 386 g/mol. The maximum atomic E-state index is 12.1. The van der Waals surface area contributed by atoms with Gasteiger partial charge < -0.3 is 14.0 Å². The van der Waals surface area contributed by atoms with E-state index in [4.69, 9.17) is 9.47 Å². The highest BCUT2D eigenvalue weighted by molar-refractivity contribution is 14.1. The van der Waals surface area contributed by atoms with Crippen molar-refractivity contribution >= 4 is 28.6 Å². The Hall–Kier alpha value is -1.41. The predicted molar refractivity (Wildman–Crippen MR) is 82.5 cm³/mol. The first-order chi connectivity index (χ1) is 9.69. The third kappa shape index (κ3) is 4.31. The van der Waals surface area contributed by atoms with Gasteiger partial charge in [-0.1, -0.05) is 0 Å². The molecule has 0 spiro atoms. The molecule has 0 N–H and O–H groups in total. The molecule has 1 aromatic carbocycles. The number of imidazole rings is 1. The lowest BCUT2D eigenvalue weighted by molar-refractivity contribution is 0.000269. The number of halogens is 1. The zero-order valence-corrected chi connectivity index (χ0v) is 13.2. The highest BCUT2D eigenvalue weighted by Crippen LogP contribution is 2.10.